The fourth-order valence-corrected chi connectivity index (χ4v) is 5.37. The highest BCUT2D eigenvalue weighted by atomic mass is 16.5. The molecular weight excluding hydrogens is 608 g/mol. The molecule has 0 spiro atoms. The summed E-state index contributed by atoms with van der Waals surface area (Å²) in [4.78, 5) is 0. The molecule has 0 bridgehead atoms. The second kappa shape index (κ2) is 18.3. The Morgan fingerprint density at radius 2 is 0.694 bits per heavy atom. The fraction of sp³-hybridized carbons (Fsp3) is 0.182. The van der Waals surface area contributed by atoms with Gasteiger partial charge in [0, 0.05) is 11.1 Å². The molecule has 0 fully saturated rings. The summed E-state index contributed by atoms with van der Waals surface area (Å²) in [6, 6.07) is 52.8. The van der Waals surface area contributed by atoms with Gasteiger partial charge in [0.1, 0.15) is 36.2 Å². The van der Waals surface area contributed by atoms with E-state index < -0.39 is 0 Å². The Bertz CT molecular complexity index is 1690. The predicted octanol–water partition coefficient (Wildman–Crippen LogP) is 10.2. The number of hydrogen-bond donors (Lipinski definition) is 0. The maximum absolute atomic E-state index is 6.68. The lowest BCUT2D eigenvalue weighted by atomic mass is 10.1. The lowest BCUT2D eigenvalue weighted by molar-refractivity contribution is 0.123. The quantitative estimate of drug-likeness (QED) is 0.0867. The highest BCUT2D eigenvalue weighted by Crippen LogP contribution is 2.34. The van der Waals surface area contributed by atoms with Crippen molar-refractivity contribution in [2.24, 2.45) is 0 Å². The van der Waals surface area contributed by atoms with Crippen LogP contribution in [0.25, 0.3) is 0 Å². The number of ether oxygens (including phenoxy) is 5. The largest absolute Gasteiger partial charge is 0.489 e. The van der Waals surface area contributed by atoms with Gasteiger partial charge in [0.2, 0.25) is 0 Å². The summed E-state index contributed by atoms with van der Waals surface area (Å²) >= 11 is 0. The highest BCUT2D eigenvalue weighted by molar-refractivity contribution is 5.47. The summed E-state index contributed by atoms with van der Waals surface area (Å²) in [5, 5.41) is 0. The van der Waals surface area contributed by atoms with E-state index in [0.717, 1.165) is 56.4 Å². The molecule has 0 saturated carbocycles. The third-order valence-corrected chi connectivity index (χ3v) is 8.04. The van der Waals surface area contributed by atoms with Crippen molar-refractivity contribution in [1.29, 1.82) is 0 Å². The molecule has 0 aromatic heterocycles. The molecular formula is C44H42O5. The van der Waals surface area contributed by atoms with E-state index in [1.165, 1.54) is 0 Å². The third kappa shape index (κ3) is 10.8. The minimum absolute atomic E-state index is 0.489. The summed E-state index contributed by atoms with van der Waals surface area (Å²) in [6.07, 6.45) is 1.33. The van der Waals surface area contributed by atoms with Gasteiger partial charge in [-0.05, 0) is 71.5 Å². The standard InChI is InChI=1S/C44H42O5/c1-5-13-35(14-6-1)31-45-27-25-39-29-41(47-33-37-17-9-3-10-18-37)21-23-43(39)49-44-24-22-42(48-34-38-19-11-4-12-20-38)30-40(44)26-28-46-32-36-15-7-2-8-16-36/h1-24,29-30H,25-28,31-34H2. The second-order valence-corrected chi connectivity index (χ2v) is 11.8. The van der Waals surface area contributed by atoms with E-state index >= 15 is 0 Å². The van der Waals surface area contributed by atoms with Gasteiger partial charge in [0.15, 0.2) is 0 Å². The average Bonchev–Trinajstić information content (AvgIpc) is 3.16. The fourth-order valence-electron chi connectivity index (χ4n) is 5.37. The van der Waals surface area contributed by atoms with Crippen molar-refractivity contribution in [1.82, 2.24) is 0 Å². The maximum atomic E-state index is 6.68. The molecule has 5 heteroatoms. The monoisotopic (exact) mass is 650 g/mol. The molecule has 0 radical (unpaired) electrons. The second-order valence-electron chi connectivity index (χ2n) is 11.8. The molecule has 0 heterocycles. The Labute approximate surface area is 289 Å². The van der Waals surface area contributed by atoms with Crippen molar-refractivity contribution in [3.8, 4) is 23.0 Å². The molecule has 0 N–H and O–H groups in total. The van der Waals surface area contributed by atoms with Crippen LogP contribution in [0.1, 0.15) is 33.4 Å². The van der Waals surface area contributed by atoms with Gasteiger partial charge in [-0.1, -0.05) is 121 Å². The van der Waals surface area contributed by atoms with Gasteiger partial charge < -0.3 is 23.7 Å². The van der Waals surface area contributed by atoms with E-state index in [1.807, 2.05) is 97.1 Å². The number of benzene rings is 6. The van der Waals surface area contributed by atoms with Crippen molar-refractivity contribution in [2.45, 2.75) is 39.3 Å². The van der Waals surface area contributed by atoms with E-state index in [4.69, 9.17) is 23.7 Å². The van der Waals surface area contributed by atoms with Crippen LogP contribution in [-0.2, 0) is 48.7 Å². The molecule has 0 unspecified atom stereocenters. The molecule has 5 nitrogen and oxygen atoms in total. The van der Waals surface area contributed by atoms with E-state index in [9.17, 15) is 0 Å². The van der Waals surface area contributed by atoms with Crippen LogP contribution in [0.15, 0.2) is 158 Å². The van der Waals surface area contributed by atoms with E-state index in [2.05, 4.69) is 60.7 Å². The molecule has 0 aliphatic rings. The van der Waals surface area contributed by atoms with Gasteiger partial charge in [-0.3, -0.25) is 0 Å². The van der Waals surface area contributed by atoms with Gasteiger partial charge in [0.05, 0.1) is 26.4 Å². The SMILES string of the molecule is c1ccc(COCCc2cc(OCc3ccccc3)ccc2Oc2ccc(OCc3ccccc3)cc2CCOCc2ccccc2)cc1. The van der Waals surface area contributed by atoms with E-state index in [0.29, 0.717) is 52.5 Å². The van der Waals surface area contributed by atoms with Crippen LogP contribution < -0.4 is 14.2 Å². The minimum atomic E-state index is 0.489. The van der Waals surface area contributed by atoms with E-state index in [-0.39, 0.29) is 0 Å². The van der Waals surface area contributed by atoms with Crippen LogP contribution in [0.2, 0.25) is 0 Å². The Hall–Kier alpha value is -5.36. The van der Waals surface area contributed by atoms with Crippen LogP contribution >= 0.6 is 0 Å². The van der Waals surface area contributed by atoms with Crippen LogP contribution in [-0.4, -0.2) is 13.2 Å². The molecule has 6 aromatic rings. The predicted molar refractivity (Wildman–Crippen MR) is 194 cm³/mol. The molecule has 6 rings (SSSR count). The summed E-state index contributed by atoms with van der Waals surface area (Å²) in [7, 11) is 0. The van der Waals surface area contributed by atoms with Crippen LogP contribution in [0, 0.1) is 0 Å². The summed E-state index contributed by atoms with van der Waals surface area (Å²) in [6.45, 7) is 3.17. The van der Waals surface area contributed by atoms with Crippen LogP contribution in [0.4, 0.5) is 0 Å². The third-order valence-electron chi connectivity index (χ3n) is 8.04. The lowest BCUT2D eigenvalue weighted by Gasteiger charge is -2.17. The van der Waals surface area contributed by atoms with Gasteiger partial charge in [-0.15, -0.1) is 0 Å². The zero-order valence-electron chi connectivity index (χ0n) is 27.7. The van der Waals surface area contributed by atoms with Gasteiger partial charge in [-0.25, -0.2) is 0 Å². The number of hydrogen-bond acceptors (Lipinski definition) is 5. The number of rotatable bonds is 18. The lowest BCUT2D eigenvalue weighted by Crippen LogP contribution is -2.04. The van der Waals surface area contributed by atoms with Crippen molar-refractivity contribution in [3.05, 3.63) is 191 Å². The average molecular weight is 651 g/mol. The first-order valence-corrected chi connectivity index (χ1v) is 16.8. The zero-order chi connectivity index (χ0) is 33.4. The van der Waals surface area contributed by atoms with Crippen LogP contribution in [0.3, 0.4) is 0 Å². The molecule has 49 heavy (non-hydrogen) atoms. The van der Waals surface area contributed by atoms with Gasteiger partial charge in [0.25, 0.3) is 0 Å². The molecule has 248 valence electrons. The maximum Gasteiger partial charge on any atom is 0.130 e. The minimum Gasteiger partial charge on any atom is -0.489 e. The molecule has 0 amide bonds. The smallest absolute Gasteiger partial charge is 0.130 e. The molecule has 6 aromatic carbocycles. The zero-order valence-corrected chi connectivity index (χ0v) is 27.7. The van der Waals surface area contributed by atoms with E-state index in [1.54, 1.807) is 0 Å². The Kier molecular flexibility index (Phi) is 12.5. The molecule has 0 aliphatic heterocycles. The Morgan fingerprint density at radius 3 is 1.06 bits per heavy atom. The van der Waals surface area contributed by atoms with Crippen LogP contribution in [0.5, 0.6) is 23.0 Å². The molecule has 0 atom stereocenters. The van der Waals surface area contributed by atoms with Crippen molar-refractivity contribution < 1.29 is 23.7 Å². The summed E-state index contributed by atoms with van der Waals surface area (Å²) in [5.41, 5.74) is 6.54. The topological polar surface area (TPSA) is 46.2 Å². The first-order valence-electron chi connectivity index (χ1n) is 16.8. The Balaban J connectivity index is 1.18. The van der Waals surface area contributed by atoms with Gasteiger partial charge in [-0.2, -0.15) is 0 Å². The summed E-state index contributed by atoms with van der Waals surface area (Å²) < 4.78 is 31.2. The first kappa shape index (κ1) is 33.5. The van der Waals surface area contributed by atoms with Crippen molar-refractivity contribution in [3.63, 3.8) is 0 Å². The normalized spacial score (nSPS) is 10.9. The molecule has 0 saturated heterocycles. The van der Waals surface area contributed by atoms with Crippen molar-refractivity contribution in [2.75, 3.05) is 13.2 Å². The Morgan fingerprint density at radius 1 is 0.347 bits per heavy atom. The molecule has 0 aliphatic carbocycles. The summed E-state index contributed by atoms with van der Waals surface area (Å²) in [5.74, 6) is 3.10. The van der Waals surface area contributed by atoms with Gasteiger partial charge >= 0.3 is 0 Å². The first-order chi connectivity index (χ1) is 24.3. The van der Waals surface area contributed by atoms with Crippen molar-refractivity contribution >= 4 is 0 Å². The highest BCUT2D eigenvalue weighted by Gasteiger charge is 2.13.